The van der Waals surface area contributed by atoms with E-state index in [2.05, 4.69) is 126 Å². The number of hydrogen-bond acceptors (Lipinski definition) is 4. The predicted octanol–water partition coefficient (Wildman–Crippen LogP) is 13.3. The van der Waals surface area contributed by atoms with E-state index >= 15 is 0 Å². The van der Waals surface area contributed by atoms with Crippen LogP contribution in [0.1, 0.15) is 44.3 Å². The Balaban J connectivity index is 1.23. The second-order valence-corrected chi connectivity index (χ2v) is 14.7. The van der Waals surface area contributed by atoms with Gasteiger partial charge in [0.15, 0.2) is 0 Å². The van der Waals surface area contributed by atoms with Crippen LogP contribution in [0, 0.1) is 0 Å². The zero-order chi connectivity index (χ0) is 40.4. The zero-order valence-electron chi connectivity index (χ0n) is 32.6. The fourth-order valence-electron chi connectivity index (χ4n) is 7.98. The predicted molar refractivity (Wildman–Crippen MR) is 246 cm³/mol. The Morgan fingerprint density at radius 1 is 0.550 bits per heavy atom. The van der Waals surface area contributed by atoms with Crippen molar-refractivity contribution >= 4 is 58.4 Å². The average Bonchev–Trinajstić information content (AvgIpc) is 4.14. The quantitative estimate of drug-likeness (QED) is 0.151. The fourth-order valence-corrected chi connectivity index (χ4v) is 7.98. The lowest BCUT2D eigenvalue weighted by molar-refractivity contribution is 0.0472. The number of carbonyl (C=O) groups is 1. The van der Waals surface area contributed by atoms with Gasteiger partial charge in [-0.3, -0.25) is 0 Å². The summed E-state index contributed by atoms with van der Waals surface area (Å²) in [7, 11) is 0. The van der Waals surface area contributed by atoms with Crippen molar-refractivity contribution < 1.29 is 9.53 Å². The van der Waals surface area contributed by atoms with Crippen LogP contribution < -0.4 is 0 Å². The summed E-state index contributed by atoms with van der Waals surface area (Å²) < 4.78 is 5.81. The Bertz CT molecular complexity index is 3160. The van der Waals surface area contributed by atoms with E-state index in [1.165, 1.54) is 0 Å². The van der Waals surface area contributed by atoms with Crippen LogP contribution in [0.2, 0.25) is 0 Å². The topological polar surface area (TPSA) is 83.7 Å². The van der Waals surface area contributed by atoms with Gasteiger partial charge >= 0.3 is 5.97 Å². The standard InChI is InChI=1S/C54H38N4O2/c1-2-35-21-23-36(24-22-35)34-60-54(59)41-20-12-19-40(31-41)44-33-43-32-42-25-26-45(55-42)50(37-13-6-3-7-14-37)46-27-28-47(57-46)51(38-15-8-4-9-16-38)48-29-30-49(58-48)52(53(44)56-43)39-17-10-5-11-18-39/h2-33,56-57H,1,34H2. The molecule has 6 heteroatoms. The number of ether oxygens (including phenoxy) is 1. The second-order valence-electron chi connectivity index (χ2n) is 14.7. The van der Waals surface area contributed by atoms with Crippen LogP contribution in [0.3, 0.4) is 0 Å². The molecule has 0 spiro atoms. The Morgan fingerprint density at radius 2 is 1.12 bits per heavy atom. The van der Waals surface area contributed by atoms with Crippen molar-refractivity contribution in [2.45, 2.75) is 6.61 Å². The van der Waals surface area contributed by atoms with E-state index in [1.807, 2.05) is 72.8 Å². The highest BCUT2D eigenvalue weighted by molar-refractivity contribution is 6.02. The normalized spacial score (nSPS) is 11.7. The van der Waals surface area contributed by atoms with Gasteiger partial charge in [-0.2, -0.15) is 0 Å². The van der Waals surface area contributed by atoms with E-state index in [0.29, 0.717) is 5.56 Å². The van der Waals surface area contributed by atoms with Crippen molar-refractivity contribution in [2.75, 3.05) is 0 Å². The van der Waals surface area contributed by atoms with Gasteiger partial charge in [-0.1, -0.05) is 140 Å². The fraction of sp³-hybridized carbons (Fsp3) is 0.0185. The van der Waals surface area contributed by atoms with Crippen molar-refractivity contribution in [3.05, 3.63) is 210 Å². The number of benzene rings is 5. The van der Waals surface area contributed by atoms with Gasteiger partial charge < -0.3 is 14.7 Å². The third-order valence-corrected chi connectivity index (χ3v) is 10.9. The van der Waals surface area contributed by atoms with Crippen LogP contribution in [-0.2, 0) is 11.3 Å². The van der Waals surface area contributed by atoms with E-state index in [1.54, 1.807) is 12.1 Å². The van der Waals surface area contributed by atoms with Gasteiger partial charge in [-0.15, -0.1) is 0 Å². The Kier molecular flexibility index (Phi) is 9.48. The van der Waals surface area contributed by atoms with Gasteiger partial charge in [0.1, 0.15) is 6.61 Å². The molecule has 0 unspecified atom stereocenters. The molecule has 3 aromatic heterocycles. The minimum Gasteiger partial charge on any atom is -0.457 e. The minimum atomic E-state index is -0.399. The van der Waals surface area contributed by atoms with Crippen LogP contribution in [0.4, 0.5) is 0 Å². The maximum Gasteiger partial charge on any atom is 0.338 e. The smallest absolute Gasteiger partial charge is 0.338 e. The molecule has 0 atom stereocenters. The molecule has 5 heterocycles. The largest absolute Gasteiger partial charge is 0.457 e. The Labute approximate surface area is 347 Å². The summed E-state index contributed by atoms with van der Waals surface area (Å²) in [5.74, 6) is -0.399. The molecule has 60 heavy (non-hydrogen) atoms. The number of aromatic amines is 2. The van der Waals surface area contributed by atoms with Crippen LogP contribution in [0.25, 0.3) is 97.0 Å². The third kappa shape index (κ3) is 7.07. The maximum atomic E-state index is 13.6. The molecule has 286 valence electrons. The molecule has 0 amide bonds. The molecule has 5 aromatic carbocycles. The SMILES string of the molecule is C=Cc1ccc(COC(=O)c2cccc(-c3cc4cc5nc(c(-c6ccccc6)c6ccc([nH]6)c(-c6ccccc6)c6nc(c(-c7ccccc7)c3[nH]4)C=C6)C=C5)c2)cc1. The van der Waals surface area contributed by atoms with Crippen molar-refractivity contribution in [1.29, 1.82) is 0 Å². The lowest BCUT2D eigenvalue weighted by atomic mass is 9.98. The van der Waals surface area contributed by atoms with Gasteiger partial charge in [0.05, 0.1) is 33.9 Å². The molecule has 0 saturated heterocycles. The number of carbonyl (C=O) groups excluding carboxylic acids is 1. The van der Waals surface area contributed by atoms with Gasteiger partial charge in [-0.25, -0.2) is 14.8 Å². The average molecular weight is 775 g/mol. The van der Waals surface area contributed by atoms with E-state index < -0.39 is 5.97 Å². The molecule has 10 rings (SSSR count). The van der Waals surface area contributed by atoms with Crippen LogP contribution in [0.15, 0.2) is 170 Å². The molecular formula is C54H38N4O2. The Morgan fingerprint density at radius 3 is 1.75 bits per heavy atom. The first-order valence-electron chi connectivity index (χ1n) is 19.9. The van der Waals surface area contributed by atoms with Gasteiger partial charge in [0, 0.05) is 38.8 Å². The number of nitrogens with zero attached hydrogens (tertiary/aromatic N) is 2. The number of aromatic nitrogens is 4. The first kappa shape index (κ1) is 36.3. The van der Waals surface area contributed by atoms with Crippen LogP contribution in [-0.4, -0.2) is 25.9 Å². The first-order valence-corrected chi connectivity index (χ1v) is 19.9. The maximum absolute atomic E-state index is 13.6. The second kappa shape index (κ2) is 15.7. The molecule has 2 N–H and O–H groups in total. The van der Waals surface area contributed by atoms with Crippen molar-refractivity contribution in [1.82, 2.24) is 19.9 Å². The summed E-state index contributed by atoms with van der Waals surface area (Å²) >= 11 is 0. The van der Waals surface area contributed by atoms with Gasteiger partial charge in [0.25, 0.3) is 0 Å². The molecule has 0 aliphatic carbocycles. The minimum absolute atomic E-state index is 0.162. The monoisotopic (exact) mass is 774 g/mol. The van der Waals surface area contributed by atoms with E-state index in [9.17, 15) is 4.79 Å². The summed E-state index contributed by atoms with van der Waals surface area (Å²) in [4.78, 5) is 31.8. The molecule has 0 saturated carbocycles. The number of hydrogen-bond donors (Lipinski definition) is 2. The number of rotatable bonds is 8. The zero-order valence-corrected chi connectivity index (χ0v) is 32.6. The summed E-state index contributed by atoms with van der Waals surface area (Å²) in [5.41, 5.74) is 17.1. The molecule has 8 bridgehead atoms. The van der Waals surface area contributed by atoms with Gasteiger partial charge in [0.2, 0.25) is 0 Å². The molecule has 6 nitrogen and oxygen atoms in total. The first-order chi connectivity index (χ1) is 29.6. The summed E-state index contributed by atoms with van der Waals surface area (Å²) in [5, 5.41) is 0. The lowest BCUT2D eigenvalue weighted by Crippen LogP contribution is -2.05. The highest BCUT2D eigenvalue weighted by Gasteiger charge is 2.19. The molecule has 2 aliphatic rings. The van der Waals surface area contributed by atoms with Crippen molar-refractivity contribution in [3.8, 4) is 44.5 Å². The van der Waals surface area contributed by atoms with E-state index in [4.69, 9.17) is 14.7 Å². The number of fused-ring (bicyclic) bond motifs is 8. The van der Waals surface area contributed by atoms with Crippen LogP contribution in [0.5, 0.6) is 0 Å². The third-order valence-electron chi connectivity index (χ3n) is 10.9. The van der Waals surface area contributed by atoms with E-state index in [-0.39, 0.29) is 6.61 Å². The molecular weight excluding hydrogens is 737 g/mol. The van der Waals surface area contributed by atoms with Gasteiger partial charge in [-0.05, 0) is 94.1 Å². The summed E-state index contributed by atoms with van der Waals surface area (Å²) in [6, 6.07) is 55.0. The number of nitrogens with one attached hydrogen (secondary N) is 2. The summed E-state index contributed by atoms with van der Waals surface area (Å²) in [6.45, 7) is 3.99. The molecule has 0 fully saturated rings. The van der Waals surface area contributed by atoms with Crippen molar-refractivity contribution in [2.24, 2.45) is 0 Å². The number of H-pyrrole nitrogens is 2. The summed E-state index contributed by atoms with van der Waals surface area (Å²) in [6.07, 6.45) is 10.1. The molecule has 8 aromatic rings. The highest BCUT2D eigenvalue weighted by Crippen LogP contribution is 2.39. The highest BCUT2D eigenvalue weighted by atomic mass is 16.5. The van der Waals surface area contributed by atoms with E-state index in [0.717, 1.165) is 100 Å². The molecule has 0 radical (unpaired) electrons. The van der Waals surface area contributed by atoms with Crippen molar-refractivity contribution in [3.63, 3.8) is 0 Å². The van der Waals surface area contributed by atoms with Crippen LogP contribution >= 0.6 is 0 Å². The molecule has 2 aliphatic heterocycles. The number of esters is 1. The lowest BCUT2D eigenvalue weighted by Gasteiger charge is -2.09. The Hall–Kier alpha value is -8.09.